The van der Waals surface area contributed by atoms with Gasteiger partial charge in [-0.25, -0.2) is 9.78 Å². The lowest BCUT2D eigenvalue weighted by atomic mass is 10.0. The van der Waals surface area contributed by atoms with E-state index in [0.717, 1.165) is 58.5 Å². The number of nitrogens with one attached hydrogen (secondary N) is 3. The van der Waals surface area contributed by atoms with E-state index in [-0.39, 0.29) is 18.1 Å². The molecule has 2 unspecified atom stereocenters. The van der Waals surface area contributed by atoms with Gasteiger partial charge in [-0.05, 0) is 36.2 Å². The molecule has 3 aromatic heterocycles. The zero-order chi connectivity index (χ0) is 23.5. The average Bonchev–Trinajstić information content (AvgIpc) is 3.25. The highest BCUT2D eigenvalue weighted by atomic mass is 16.5. The summed E-state index contributed by atoms with van der Waals surface area (Å²) in [5.74, 6) is 0.469. The number of aromatic amines is 1. The number of aromatic nitrogens is 3. The largest absolute Gasteiger partial charge is 0.465 e. The van der Waals surface area contributed by atoms with Crippen LogP contribution < -0.4 is 10.6 Å². The van der Waals surface area contributed by atoms with Gasteiger partial charge >= 0.3 is 5.97 Å². The standard InChI is InChI=1S/C26H29N5O3/c1-3-20(23-15-34-10-9-28-23)31-25-24-19-7-6-17(26(32)33-2)12-21(19)30-22(24)13-18(29-25)11-16-5-4-8-27-14-16/h4-8,12-14,20,23,28,30H,3,9-11,15H2,1-2H3,(H,29,31). The predicted octanol–water partition coefficient (Wildman–Crippen LogP) is 3.67. The number of carbonyl (C=O) groups excluding carboxylic acids is 1. The Kier molecular flexibility index (Phi) is 6.42. The minimum Gasteiger partial charge on any atom is -0.465 e. The van der Waals surface area contributed by atoms with Crippen LogP contribution >= 0.6 is 0 Å². The van der Waals surface area contributed by atoms with Crippen molar-refractivity contribution in [3.8, 4) is 0 Å². The summed E-state index contributed by atoms with van der Waals surface area (Å²) in [5.41, 5.74) is 4.38. The number of ether oxygens (including phenoxy) is 2. The molecule has 4 heterocycles. The Morgan fingerprint density at radius 3 is 2.94 bits per heavy atom. The van der Waals surface area contributed by atoms with Gasteiger partial charge in [0.05, 0.1) is 37.4 Å². The van der Waals surface area contributed by atoms with E-state index < -0.39 is 0 Å². The number of nitrogens with zero attached hydrogens (tertiary/aromatic N) is 2. The van der Waals surface area contributed by atoms with Gasteiger partial charge in [-0.15, -0.1) is 0 Å². The molecule has 8 heteroatoms. The first kappa shape index (κ1) is 22.3. The van der Waals surface area contributed by atoms with Crippen molar-refractivity contribution < 1.29 is 14.3 Å². The van der Waals surface area contributed by atoms with E-state index in [0.29, 0.717) is 18.6 Å². The maximum Gasteiger partial charge on any atom is 0.337 e. The summed E-state index contributed by atoms with van der Waals surface area (Å²) in [6, 6.07) is 12.0. The van der Waals surface area contributed by atoms with Crippen molar-refractivity contribution in [1.82, 2.24) is 20.3 Å². The van der Waals surface area contributed by atoms with E-state index in [4.69, 9.17) is 14.5 Å². The monoisotopic (exact) mass is 459 g/mol. The van der Waals surface area contributed by atoms with Crippen molar-refractivity contribution in [3.63, 3.8) is 0 Å². The van der Waals surface area contributed by atoms with Gasteiger partial charge in [0, 0.05) is 53.4 Å². The molecule has 2 atom stereocenters. The third-order valence-corrected chi connectivity index (χ3v) is 6.36. The second kappa shape index (κ2) is 9.79. The fraction of sp³-hybridized carbons (Fsp3) is 0.346. The maximum absolute atomic E-state index is 12.1. The van der Waals surface area contributed by atoms with E-state index in [2.05, 4.69) is 39.7 Å². The quantitative estimate of drug-likeness (QED) is 0.363. The molecule has 1 aromatic carbocycles. The normalized spacial score (nSPS) is 17.1. The number of hydrogen-bond donors (Lipinski definition) is 3. The highest BCUT2D eigenvalue weighted by molar-refractivity contribution is 6.13. The van der Waals surface area contributed by atoms with E-state index in [9.17, 15) is 4.79 Å². The first-order chi connectivity index (χ1) is 16.7. The van der Waals surface area contributed by atoms with Crippen LogP contribution in [0.2, 0.25) is 0 Å². The Morgan fingerprint density at radius 1 is 1.29 bits per heavy atom. The van der Waals surface area contributed by atoms with Crippen molar-refractivity contribution >= 4 is 33.6 Å². The minimum absolute atomic E-state index is 0.156. The number of H-pyrrole nitrogens is 1. The van der Waals surface area contributed by atoms with E-state index in [1.165, 1.54) is 7.11 Å². The number of pyridine rings is 2. The Bertz CT molecular complexity index is 1300. The number of carbonyl (C=O) groups is 1. The molecule has 1 aliphatic rings. The lowest BCUT2D eigenvalue weighted by Crippen LogP contribution is -2.51. The van der Waals surface area contributed by atoms with Crippen molar-refractivity contribution in [2.75, 3.05) is 32.2 Å². The van der Waals surface area contributed by atoms with Crippen LogP contribution in [0.1, 0.15) is 35.0 Å². The molecule has 1 aliphatic heterocycles. The van der Waals surface area contributed by atoms with Crippen molar-refractivity contribution in [2.24, 2.45) is 0 Å². The van der Waals surface area contributed by atoms with Gasteiger partial charge in [-0.3, -0.25) is 4.98 Å². The molecule has 8 nitrogen and oxygen atoms in total. The molecule has 0 saturated carbocycles. The molecule has 3 N–H and O–H groups in total. The highest BCUT2D eigenvalue weighted by Crippen LogP contribution is 2.33. The van der Waals surface area contributed by atoms with Crippen LogP contribution in [0.15, 0.2) is 48.8 Å². The number of hydrogen-bond acceptors (Lipinski definition) is 7. The van der Waals surface area contributed by atoms with Crippen LogP contribution in [-0.2, 0) is 15.9 Å². The molecular formula is C26H29N5O3. The van der Waals surface area contributed by atoms with Gasteiger partial charge in [0.25, 0.3) is 0 Å². The van der Waals surface area contributed by atoms with Crippen LogP contribution in [0.3, 0.4) is 0 Å². The molecule has 34 heavy (non-hydrogen) atoms. The van der Waals surface area contributed by atoms with Gasteiger partial charge in [0.1, 0.15) is 5.82 Å². The summed E-state index contributed by atoms with van der Waals surface area (Å²) in [7, 11) is 1.39. The van der Waals surface area contributed by atoms with E-state index in [1.807, 2.05) is 24.4 Å². The predicted molar refractivity (Wildman–Crippen MR) is 132 cm³/mol. The van der Waals surface area contributed by atoms with Crippen LogP contribution in [0.5, 0.6) is 0 Å². The number of benzene rings is 1. The number of fused-ring (bicyclic) bond motifs is 3. The number of morpholine rings is 1. The van der Waals surface area contributed by atoms with Crippen LogP contribution in [0.4, 0.5) is 5.82 Å². The second-order valence-electron chi connectivity index (χ2n) is 8.59. The molecule has 5 rings (SSSR count). The number of esters is 1. The van der Waals surface area contributed by atoms with Crippen molar-refractivity contribution in [1.29, 1.82) is 0 Å². The molecule has 4 aromatic rings. The maximum atomic E-state index is 12.1. The topological polar surface area (TPSA) is 101 Å². The summed E-state index contributed by atoms with van der Waals surface area (Å²) in [6.45, 7) is 4.42. The van der Waals surface area contributed by atoms with E-state index >= 15 is 0 Å². The Balaban J connectivity index is 1.60. The van der Waals surface area contributed by atoms with Gasteiger partial charge in [-0.2, -0.15) is 0 Å². The number of rotatable bonds is 7. The van der Waals surface area contributed by atoms with Gasteiger partial charge in [0.2, 0.25) is 0 Å². The minimum atomic E-state index is -0.358. The molecule has 0 amide bonds. The average molecular weight is 460 g/mol. The zero-order valence-corrected chi connectivity index (χ0v) is 19.4. The number of methoxy groups -OCH3 is 1. The third kappa shape index (κ3) is 4.47. The SMILES string of the molecule is CCC(Nc1nc(Cc2cccnc2)cc2[nH]c3cc(C(=O)OC)ccc3c12)C1COCCN1. The van der Waals surface area contributed by atoms with Crippen LogP contribution in [-0.4, -0.2) is 59.9 Å². The summed E-state index contributed by atoms with van der Waals surface area (Å²) < 4.78 is 10.6. The molecule has 0 bridgehead atoms. The summed E-state index contributed by atoms with van der Waals surface area (Å²) in [6.07, 6.45) is 5.23. The summed E-state index contributed by atoms with van der Waals surface area (Å²) in [4.78, 5) is 24.9. The van der Waals surface area contributed by atoms with Gasteiger partial charge in [-0.1, -0.05) is 19.1 Å². The fourth-order valence-corrected chi connectivity index (χ4v) is 4.64. The summed E-state index contributed by atoms with van der Waals surface area (Å²) >= 11 is 0. The summed E-state index contributed by atoms with van der Waals surface area (Å²) in [5, 5.41) is 9.30. The van der Waals surface area contributed by atoms with E-state index in [1.54, 1.807) is 12.3 Å². The first-order valence-electron chi connectivity index (χ1n) is 11.7. The zero-order valence-electron chi connectivity index (χ0n) is 19.4. The lowest BCUT2D eigenvalue weighted by Gasteiger charge is -2.32. The molecular weight excluding hydrogens is 430 g/mol. The molecule has 176 valence electrons. The van der Waals surface area contributed by atoms with Gasteiger partial charge < -0.3 is 25.1 Å². The Labute approximate surface area is 198 Å². The van der Waals surface area contributed by atoms with Crippen LogP contribution in [0.25, 0.3) is 21.8 Å². The Morgan fingerprint density at radius 2 is 2.21 bits per heavy atom. The molecule has 0 aliphatic carbocycles. The second-order valence-corrected chi connectivity index (χ2v) is 8.59. The van der Waals surface area contributed by atoms with Crippen LogP contribution in [0, 0.1) is 0 Å². The highest BCUT2D eigenvalue weighted by Gasteiger charge is 2.24. The smallest absolute Gasteiger partial charge is 0.337 e. The van der Waals surface area contributed by atoms with Crippen molar-refractivity contribution in [2.45, 2.75) is 31.8 Å². The number of anilines is 1. The first-order valence-corrected chi connectivity index (χ1v) is 11.7. The van der Waals surface area contributed by atoms with Gasteiger partial charge in [0.15, 0.2) is 0 Å². The molecule has 0 spiro atoms. The Hall–Kier alpha value is -3.49. The third-order valence-electron chi connectivity index (χ3n) is 6.36. The molecule has 0 radical (unpaired) electrons. The molecule has 1 saturated heterocycles. The lowest BCUT2D eigenvalue weighted by molar-refractivity contribution is 0.0601. The molecule has 1 fully saturated rings. The van der Waals surface area contributed by atoms with Crippen molar-refractivity contribution in [3.05, 3.63) is 65.6 Å². The fourth-order valence-electron chi connectivity index (χ4n) is 4.64.